The molecule has 1 aromatic carbocycles. The number of carbonyl (C=O) groups excluding carboxylic acids is 1. The van der Waals surface area contributed by atoms with Crippen molar-refractivity contribution in [1.82, 2.24) is 4.90 Å². The number of benzene rings is 1. The second-order valence-electron chi connectivity index (χ2n) is 5.50. The van der Waals surface area contributed by atoms with Crippen LogP contribution in [0, 0.1) is 11.8 Å². The average molecular weight is 261 g/mol. The largest absolute Gasteiger partial charge is 0.445 e. The summed E-state index contributed by atoms with van der Waals surface area (Å²) in [6.45, 7) is 1.76. The van der Waals surface area contributed by atoms with Crippen LogP contribution in [-0.4, -0.2) is 35.3 Å². The number of nitrogens with zero attached hydrogens (tertiary/aromatic N) is 1. The lowest BCUT2D eigenvalue weighted by Crippen LogP contribution is -2.54. The van der Waals surface area contributed by atoms with Crippen LogP contribution in [-0.2, 0) is 11.3 Å². The van der Waals surface area contributed by atoms with Gasteiger partial charge in [-0.15, -0.1) is 0 Å². The maximum Gasteiger partial charge on any atom is 0.410 e. The molecule has 0 spiro atoms. The number of likely N-dealkylation sites (tertiary alicyclic amines) is 1. The summed E-state index contributed by atoms with van der Waals surface area (Å²) in [5.41, 5.74) is 1.00. The van der Waals surface area contributed by atoms with Crippen LogP contribution in [0.1, 0.15) is 18.4 Å². The molecule has 19 heavy (non-hydrogen) atoms. The average Bonchev–Trinajstić information content (AvgIpc) is 2.44. The summed E-state index contributed by atoms with van der Waals surface area (Å²) in [6, 6.07) is 9.70. The molecule has 4 nitrogen and oxygen atoms in total. The summed E-state index contributed by atoms with van der Waals surface area (Å²) < 4.78 is 5.33. The molecule has 4 heteroatoms. The van der Waals surface area contributed by atoms with Crippen LogP contribution in [0.5, 0.6) is 0 Å². The summed E-state index contributed by atoms with van der Waals surface area (Å²) in [7, 11) is 0. The third-order valence-corrected chi connectivity index (χ3v) is 4.29. The lowest BCUT2D eigenvalue weighted by atomic mass is 9.67. The van der Waals surface area contributed by atoms with Crippen molar-refractivity contribution < 1.29 is 14.6 Å². The molecule has 0 bridgehead atoms. The van der Waals surface area contributed by atoms with Crippen LogP contribution in [0.3, 0.4) is 0 Å². The van der Waals surface area contributed by atoms with Crippen molar-refractivity contribution >= 4 is 6.09 Å². The van der Waals surface area contributed by atoms with Gasteiger partial charge in [-0.1, -0.05) is 30.3 Å². The van der Waals surface area contributed by atoms with E-state index in [9.17, 15) is 9.90 Å². The second-order valence-corrected chi connectivity index (χ2v) is 5.50. The minimum Gasteiger partial charge on any atom is -0.445 e. The Balaban J connectivity index is 1.49. The van der Waals surface area contributed by atoms with E-state index in [1.54, 1.807) is 4.90 Å². The second kappa shape index (κ2) is 5.21. The minimum absolute atomic E-state index is 0.146. The Hall–Kier alpha value is -1.55. The number of amides is 1. The Morgan fingerprint density at radius 1 is 1.37 bits per heavy atom. The number of rotatable bonds is 2. The van der Waals surface area contributed by atoms with Gasteiger partial charge >= 0.3 is 6.09 Å². The number of aliphatic hydroxyl groups excluding tert-OH is 1. The van der Waals surface area contributed by atoms with Gasteiger partial charge in [0.15, 0.2) is 0 Å². The number of hydrogen-bond acceptors (Lipinski definition) is 3. The fourth-order valence-corrected chi connectivity index (χ4v) is 3.07. The van der Waals surface area contributed by atoms with Crippen molar-refractivity contribution in [3.8, 4) is 0 Å². The highest BCUT2D eigenvalue weighted by atomic mass is 16.6. The molecule has 1 amide bonds. The van der Waals surface area contributed by atoms with Gasteiger partial charge in [0, 0.05) is 13.1 Å². The summed E-state index contributed by atoms with van der Waals surface area (Å²) in [4.78, 5) is 13.7. The van der Waals surface area contributed by atoms with Crippen LogP contribution in [0.15, 0.2) is 30.3 Å². The van der Waals surface area contributed by atoms with Gasteiger partial charge in [-0.05, 0) is 30.2 Å². The summed E-state index contributed by atoms with van der Waals surface area (Å²) in [5, 5.41) is 9.59. The number of ether oxygens (including phenoxy) is 1. The van der Waals surface area contributed by atoms with E-state index in [-0.39, 0.29) is 12.2 Å². The van der Waals surface area contributed by atoms with Crippen molar-refractivity contribution in [2.24, 2.45) is 11.8 Å². The van der Waals surface area contributed by atoms with Gasteiger partial charge in [0.2, 0.25) is 0 Å². The molecule has 1 N–H and O–H groups in total. The summed E-state index contributed by atoms with van der Waals surface area (Å²) >= 11 is 0. The molecule has 2 aliphatic rings. The SMILES string of the molecule is O=C(OCc1ccccc1)N1CC[C@@H]2[C@@H](C[C@@H]2O)C1. The maximum atomic E-state index is 12.0. The highest BCUT2D eigenvalue weighted by Gasteiger charge is 2.44. The fourth-order valence-electron chi connectivity index (χ4n) is 3.07. The molecular weight excluding hydrogens is 242 g/mol. The number of aliphatic hydroxyl groups is 1. The molecular formula is C15H19NO3. The van der Waals surface area contributed by atoms with E-state index in [0.717, 1.165) is 24.9 Å². The first-order valence-corrected chi connectivity index (χ1v) is 6.88. The van der Waals surface area contributed by atoms with Gasteiger partial charge in [0.25, 0.3) is 0 Å². The smallest absolute Gasteiger partial charge is 0.410 e. The molecule has 1 aromatic rings. The zero-order valence-electron chi connectivity index (χ0n) is 10.9. The van der Waals surface area contributed by atoms with E-state index in [2.05, 4.69) is 0 Å². The topological polar surface area (TPSA) is 49.8 Å². The van der Waals surface area contributed by atoms with Crippen LogP contribution < -0.4 is 0 Å². The van der Waals surface area contributed by atoms with E-state index in [4.69, 9.17) is 4.74 Å². The van der Waals surface area contributed by atoms with Gasteiger partial charge in [0.05, 0.1) is 6.10 Å². The molecule has 1 aliphatic carbocycles. The Labute approximate surface area is 113 Å². The van der Waals surface area contributed by atoms with E-state index in [1.165, 1.54) is 0 Å². The van der Waals surface area contributed by atoms with Crippen molar-refractivity contribution in [3.05, 3.63) is 35.9 Å². The molecule has 1 heterocycles. The van der Waals surface area contributed by atoms with Crippen LogP contribution in [0.2, 0.25) is 0 Å². The molecule has 0 aromatic heterocycles. The molecule has 1 saturated carbocycles. The standard InChI is InChI=1S/C15H19NO3/c17-14-8-12-9-16(7-6-13(12)14)15(18)19-10-11-4-2-1-3-5-11/h1-5,12-14,17H,6-10H2/t12-,13+,14-/m0/s1. The quantitative estimate of drug-likeness (QED) is 0.886. The monoisotopic (exact) mass is 261 g/mol. The Kier molecular flexibility index (Phi) is 3.42. The van der Waals surface area contributed by atoms with Crippen molar-refractivity contribution in [3.63, 3.8) is 0 Å². The Morgan fingerprint density at radius 3 is 2.84 bits per heavy atom. The molecule has 2 fully saturated rings. The van der Waals surface area contributed by atoms with Gasteiger partial charge < -0.3 is 14.7 Å². The third-order valence-electron chi connectivity index (χ3n) is 4.29. The molecule has 102 valence electrons. The summed E-state index contributed by atoms with van der Waals surface area (Å²) in [5.74, 6) is 0.867. The van der Waals surface area contributed by atoms with E-state index in [0.29, 0.717) is 25.0 Å². The highest BCUT2D eigenvalue weighted by molar-refractivity contribution is 5.67. The Morgan fingerprint density at radius 2 is 2.16 bits per heavy atom. The fraction of sp³-hybridized carbons (Fsp3) is 0.533. The van der Waals surface area contributed by atoms with Crippen LogP contribution in [0.4, 0.5) is 4.79 Å². The third kappa shape index (κ3) is 2.59. The molecule has 0 radical (unpaired) electrons. The number of fused-ring (bicyclic) bond motifs is 1. The number of hydrogen-bond donors (Lipinski definition) is 1. The predicted octanol–water partition coefficient (Wildman–Crippen LogP) is 2.03. The zero-order chi connectivity index (χ0) is 13.2. The first-order chi connectivity index (χ1) is 9.24. The molecule has 3 rings (SSSR count). The molecule has 1 aliphatic heterocycles. The number of piperidine rings is 1. The van der Waals surface area contributed by atoms with E-state index in [1.807, 2.05) is 30.3 Å². The highest BCUT2D eigenvalue weighted by Crippen LogP contribution is 2.40. The van der Waals surface area contributed by atoms with Crippen molar-refractivity contribution in [2.45, 2.75) is 25.6 Å². The summed E-state index contributed by atoms with van der Waals surface area (Å²) in [6.07, 6.45) is 1.34. The molecule has 0 unspecified atom stereocenters. The number of carbonyl (C=O) groups is 1. The van der Waals surface area contributed by atoms with Gasteiger partial charge in [-0.25, -0.2) is 4.79 Å². The van der Waals surface area contributed by atoms with E-state index >= 15 is 0 Å². The van der Waals surface area contributed by atoms with Gasteiger partial charge in [0.1, 0.15) is 6.61 Å². The maximum absolute atomic E-state index is 12.0. The van der Waals surface area contributed by atoms with Gasteiger partial charge in [-0.3, -0.25) is 0 Å². The zero-order valence-corrected chi connectivity index (χ0v) is 10.9. The van der Waals surface area contributed by atoms with Crippen LogP contribution >= 0.6 is 0 Å². The first kappa shape index (κ1) is 12.5. The van der Waals surface area contributed by atoms with Crippen LogP contribution in [0.25, 0.3) is 0 Å². The predicted molar refractivity (Wildman–Crippen MR) is 70.4 cm³/mol. The normalized spacial score (nSPS) is 29.3. The van der Waals surface area contributed by atoms with E-state index < -0.39 is 0 Å². The van der Waals surface area contributed by atoms with Crippen molar-refractivity contribution in [2.75, 3.05) is 13.1 Å². The van der Waals surface area contributed by atoms with Gasteiger partial charge in [-0.2, -0.15) is 0 Å². The lowest BCUT2D eigenvalue weighted by molar-refractivity contribution is -0.0742. The lowest BCUT2D eigenvalue weighted by Gasteiger charge is -2.48. The molecule has 3 atom stereocenters. The molecule has 1 saturated heterocycles. The Bertz CT molecular complexity index is 448. The van der Waals surface area contributed by atoms with Crippen molar-refractivity contribution in [1.29, 1.82) is 0 Å². The first-order valence-electron chi connectivity index (χ1n) is 6.88. The minimum atomic E-state index is -0.233.